The van der Waals surface area contributed by atoms with Crippen LogP contribution in [0, 0.1) is 5.41 Å². The quantitative estimate of drug-likeness (QED) is 0.859. The normalized spacial score (nSPS) is 14.5. The van der Waals surface area contributed by atoms with Crippen LogP contribution in [0.1, 0.15) is 33.4 Å². The van der Waals surface area contributed by atoms with Crippen LogP contribution in [0.5, 0.6) is 0 Å². The lowest BCUT2D eigenvalue weighted by Gasteiger charge is -2.34. The Kier molecular flexibility index (Phi) is 3.67. The third-order valence-electron chi connectivity index (χ3n) is 2.90. The van der Waals surface area contributed by atoms with E-state index in [9.17, 15) is 0 Å². The zero-order valence-corrected chi connectivity index (χ0v) is 10.9. The van der Waals surface area contributed by atoms with E-state index in [-0.39, 0.29) is 5.41 Å². The molecule has 86 valence electrons. The van der Waals surface area contributed by atoms with E-state index in [0.717, 1.165) is 17.2 Å². The Balaban J connectivity index is 2.64. The van der Waals surface area contributed by atoms with Crippen molar-refractivity contribution in [3.8, 4) is 0 Å². The van der Waals surface area contributed by atoms with Crippen LogP contribution >= 0.6 is 11.5 Å². The minimum absolute atomic E-state index is 0.257. The van der Waals surface area contributed by atoms with E-state index in [4.69, 9.17) is 5.73 Å². The van der Waals surface area contributed by atoms with Crippen molar-refractivity contribution < 1.29 is 0 Å². The van der Waals surface area contributed by atoms with Gasteiger partial charge in [0.05, 0.1) is 0 Å². The van der Waals surface area contributed by atoms with Crippen molar-refractivity contribution in [3.63, 3.8) is 0 Å². The summed E-state index contributed by atoms with van der Waals surface area (Å²) in [4.78, 5) is 2.26. The van der Waals surface area contributed by atoms with Gasteiger partial charge in [0.25, 0.3) is 0 Å². The molecule has 0 aliphatic heterocycles. The van der Waals surface area contributed by atoms with Crippen LogP contribution in [0.25, 0.3) is 0 Å². The summed E-state index contributed by atoms with van der Waals surface area (Å²) in [6, 6.07) is 0.471. The number of nitrogen functional groups attached to an aromatic ring is 1. The standard InChI is InChI=1S/C10H20N4S/c1-7(10(2,3)4)14(5)6-8-9(11)15-13-12-8/h7H,6,11H2,1-5H3. The Hall–Kier alpha value is -0.680. The highest BCUT2D eigenvalue weighted by molar-refractivity contribution is 7.09. The average molecular weight is 228 g/mol. The number of anilines is 1. The molecular weight excluding hydrogens is 208 g/mol. The molecule has 1 rings (SSSR count). The van der Waals surface area contributed by atoms with Crippen LogP contribution < -0.4 is 5.73 Å². The minimum atomic E-state index is 0.257. The topological polar surface area (TPSA) is 55.0 Å². The molecule has 0 spiro atoms. The highest BCUT2D eigenvalue weighted by atomic mass is 32.1. The van der Waals surface area contributed by atoms with E-state index in [2.05, 4.69) is 49.2 Å². The number of hydrogen-bond acceptors (Lipinski definition) is 5. The third kappa shape index (κ3) is 3.14. The van der Waals surface area contributed by atoms with Gasteiger partial charge in [-0.1, -0.05) is 25.3 Å². The fraction of sp³-hybridized carbons (Fsp3) is 0.800. The summed E-state index contributed by atoms with van der Waals surface area (Å²) in [5.74, 6) is 0. The molecule has 0 aromatic carbocycles. The molecule has 0 radical (unpaired) electrons. The van der Waals surface area contributed by atoms with Crippen LogP contribution in [0.3, 0.4) is 0 Å². The van der Waals surface area contributed by atoms with E-state index in [1.807, 2.05) is 0 Å². The Labute approximate surface area is 95.6 Å². The fourth-order valence-electron chi connectivity index (χ4n) is 1.36. The molecule has 0 saturated carbocycles. The largest absolute Gasteiger partial charge is 0.388 e. The molecule has 1 aromatic heterocycles. The van der Waals surface area contributed by atoms with E-state index >= 15 is 0 Å². The molecule has 5 heteroatoms. The maximum atomic E-state index is 5.76. The second kappa shape index (κ2) is 4.45. The molecule has 1 atom stereocenters. The van der Waals surface area contributed by atoms with Gasteiger partial charge in [0.1, 0.15) is 10.7 Å². The summed E-state index contributed by atoms with van der Waals surface area (Å²) in [5, 5.41) is 4.75. The summed E-state index contributed by atoms with van der Waals surface area (Å²) >= 11 is 1.26. The predicted molar refractivity (Wildman–Crippen MR) is 64.7 cm³/mol. The van der Waals surface area contributed by atoms with Crippen molar-refractivity contribution in [2.45, 2.75) is 40.3 Å². The molecule has 1 heterocycles. The van der Waals surface area contributed by atoms with Gasteiger partial charge < -0.3 is 5.73 Å². The molecule has 4 nitrogen and oxygen atoms in total. The van der Waals surface area contributed by atoms with Crippen molar-refractivity contribution >= 4 is 16.5 Å². The Morgan fingerprint density at radius 1 is 1.47 bits per heavy atom. The van der Waals surface area contributed by atoms with Gasteiger partial charge in [0.2, 0.25) is 0 Å². The van der Waals surface area contributed by atoms with Crippen LogP contribution in [0.2, 0.25) is 0 Å². The van der Waals surface area contributed by atoms with Crippen molar-refractivity contribution in [1.82, 2.24) is 14.5 Å². The van der Waals surface area contributed by atoms with Gasteiger partial charge >= 0.3 is 0 Å². The van der Waals surface area contributed by atoms with Gasteiger partial charge in [0, 0.05) is 24.1 Å². The highest BCUT2D eigenvalue weighted by Crippen LogP contribution is 2.25. The Morgan fingerprint density at radius 2 is 2.07 bits per heavy atom. The molecule has 0 amide bonds. The Bertz CT molecular complexity index is 315. The first-order valence-corrected chi connectivity index (χ1v) is 5.86. The molecule has 0 bridgehead atoms. The van der Waals surface area contributed by atoms with Gasteiger partial charge in [-0.3, -0.25) is 4.90 Å². The summed E-state index contributed by atoms with van der Waals surface area (Å²) in [6.45, 7) is 9.68. The van der Waals surface area contributed by atoms with Crippen LogP contribution in [-0.2, 0) is 6.54 Å². The van der Waals surface area contributed by atoms with Gasteiger partial charge in [-0.25, -0.2) is 0 Å². The van der Waals surface area contributed by atoms with Crippen molar-refractivity contribution in [2.75, 3.05) is 12.8 Å². The lowest BCUT2D eigenvalue weighted by atomic mass is 9.87. The number of rotatable bonds is 3. The zero-order valence-electron chi connectivity index (χ0n) is 10.1. The maximum Gasteiger partial charge on any atom is 0.132 e. The predicted octanol–water partition coefficient (Wildman–Crippen LogP) is 1.99. The van der Waals surface area contributed by atoms with Crippen LogP contribution in [0.15, 0.2) is 0 Å². The zero-order chi connectivity index (χ0) is 11.6. The van der Waals surface area contributed by atoms with Crippen molar-refractivity contribution in [2.24, 2.45) is 5.41 Å². The summed E-state index contributed by atoms with van der Waals surface area (Å²) in [6.07, 6.45) is 0. The van der Waals surface area contributed by atoms with Gasteiger partial charge in [0.15, 0.2) is 0 Å². The molecule has 0 aliphatic rings. The van der Waals surface area contributed by atoms with Crippen LogP contribution in [0.4, 0.5) is 5.00 Å². The van der Waals surface area contributed by atoms with E-state index in [1.165, 1.54) is 11.5 Å². The highest BCUT2D eigenvalue weighted by Gasteiger charge is 2.24. The number of nitrogens with zero attached hydrogens (tertiary/aromatic N) is 3. The molecular formula is C10H20N4S. The van der Waals surface area contributed by atoms with E-state index in [1.54, 1.807) is 0 Å². The molecule has 0 saturated heterocycles. The second-order valence-electron chi connectivity index (χ2n) is 5.04. The summed E-state index contributed by atoms with van der Waals surface area (Å²) < 4.78 is 3.84. The molecule has 1 unspecified atom stereocenters. The SMILES string of the molecule is CC(N(C)Cc1nnsc1N)C(C)(C)C. The lowest BCUT2D eigenvalue weighted by Crippen LogP contribution is -2.39. The van der Waals surface area contributed by atoms with Gasteiger partial charge in [-0.2, -0.15) is 0 Å². The van der Waals surface area contributed by atoms with E-state index < -0.39 is 0 Å². The minimum Gasteiger partial charge on any atom is -0.388 e. The van der Waals surface area contributed by atoms with Crippen LogP contribution in [-0.4, -0.2) is 27.6 Å². The summed E-state index contributed by atoms with van der Waals surface area (Å²) in [7, 11) is 2.09. The smallest absolute Gasteiger partial charge is 0.132 e. The molecule has 0 fully saturated rings. The monoisotopic (exact) mass is 228 g/mol. The first-order valence-electron chi connectivity index (χ1n) is 5.09. The van der Waals surface area contributed by atoms with Gasteiger partial charge in [-0.15, -0.1) is 5.10 Å². The summed E-state index contributed by atoms with van der Waals surface area (Å²) in [5.41, 5.74) is 6.91. The van der Waals surface area contributed by atoms with Crippen molar-refractivity contribution in [3.05, 3.63) is 5.69 Å². The van der Waals surface area contributed by atoms with E-state index in [0.29, 0.717) is 6.04 Å². The fourth-order valence-corrected chi connectivity index (χ4v) is 1.80. The number of hydrogen-bond donors (Lipinski definition) is 1. The lowest BCUT2D eigenvalue weighted by molar-refractivity contribution is 0.133. The van der Waals surface area contributed by atoms with Crippen molar-refractivity contribution in [1.29, 1.82) is 0 Å². The number of aromatic nitrogens is 2. The molecule has 1 aromatic rings. The second-order valence-corrected chi connectivity index (χ2v) is 5.83. The molecule has 0 aliphatic carbocycles. The molecule has 15 heavy (non-hydrogen) atoms. The Morgan fingerprint density at radius 3 is 2.47 bits per heavy atom. The van der Waals surface area contributed by atoms with Gasteiger partial charge in [-0.05, 0) is 19.4 Å². The number of nitrogens with two attached hydrogens (primary N) is 1. The first-order chi connectivity index (χ1) is 6.82. The molecule has 2 N–H and O–H groups in total. The third-order valence-corrected chi connectivity index (χ3v) is 3.49. The first kappa shape index (κ1) is 12.4. The maximum absolute atomic E-state index is 5.76. The average Bonchev–Trinajstić information content (AvgIpc) is 2.49.